The Morgan fingerprint density at radius 2 is 2.05 bits per heavy atom. The maximum atomic E-state index is 13.1. The van der Waals surface area contributed by atoms with Gasteiger partial charge in [0, 0.05) is 31.5 Å². The number of aromatic nitrogens is 2. The van der Waals surface area contributed by atoms with E-state index in [9.17, 15) is 17.6 Å². The van der Waals surface area contributed by atoms with Crippen molar-refractivity contribution in [1.82, 2.24) is 9.78 Å². The van der Waals surface area contributed by atoms with Crippen LogP contribution in [0.2, 0.25) is 0 Å². The summed E-state index contributed by atoms with van der Waals surface area (Å²) in [6.07, 6.45) is 0.793. The summed E-state index contributed by atoms with van der Waals surface area (Å²) >= 11 is 0. The molecule has 1 aromatic heterocycles. The molecule has 1 aromatic rings. The van der Waals surface area contributed by atoms with Gasteiger partial charge in [-0.15, -0.1) is 0 Å². The number of rotatable bonds is 4. The maximum Gasteiger partial charge on any atom is 0.267 e. The molecule has 0 radical (unpaired) electrons. The van der Waals surface area contributed by atoms with Crippen LogP contribution < -0.4 is 0 Å². The van der Waals surface area contributed by atoms with Gasteiger partial charge in [0.2, 0.25) is 5.92 Å². The molecule has 3 rings (SSSR count). The molecule has 0 aromatic carbocycles. The standard InChI is InChI=1S/C13H16F4N2/c14-12(15)10-7-19(18-11(10)9-1-2-9)6-8-3-4-13(16,17)5-8/h7-9,12H,1-6H2. The first kappa shape index (κ1) is 12.9. The van der Waals surface area contributed by atoms with Crippen LogP contribution in [0.4, 0.5) is 17.6 Å². The van der Waals surface area contributed by atoms with Crippen molar-refractivity contribution in [2.45, 2.75) is 56.9 Å². The molecule has 0 saturated heterocycles. The first-order valence-corrected chi connectivity index (χ1v) is 6.68. The van der Waals surface area contributed by atoms with Gasteiger partial charge in [0.05, 0.1) is 11.3 Å². The van der Waals surface area contributed by atoms with E-state index in [1.54, 1.807) is 0 Å². The second-order valence-corrected chi connectivity index (χ2v) is 5.73. The molecular weight excluding hydrogens is 260 g/mol. The molecular formula is C13H16F4N2. The molecule has 0 spiro atoms. The average molecular weight is 276 g/mol. The van der Waals surface area contributed by atoms with E-state index in [0.29, 0.717) is 18.7 Å². The summed E-state index contributed by atoms with van der Waals surface area (Å²) in [5.41, 5.74) is 0.451. The molecule has 2 saturated carbocycles. The molecule has 0 bridgehead atoms. The third-order valence-electron chi connectivity index (χ3n) is 3.97. The Labute approximate surface area is 108 Å². The van der Waals surface area contributed by atoms with Crippen LogP contribution in [0.25, 0.3) is 0 Å². The highest BCUT2D eigenvalue weighted by atomic mass is 19.3. The van der Waals surface area contributed by atoms with Crippen LogP contribution in [-0.4, -0.2) is 15.7 Å². The molecule has 2 aliphatic carbocycles. The molecule has 2 aliphatic rings. The lowest BCUT2D eigenvalue weighted by Gasteiger charge is -2.10. The van der Waals surface area contributed by atoms with Crippen LogP contribution >= 0.6 is 0 Å². The van der Waals surface area contributed by atoms with E-state index in [4.69, 9.17) is 0 Å². The first-order valence-electron chi connectivity index (χ1n) is 6.68. The van der Waals surface area contributed by atoms with Crippen molar-refractivity contribution in [2.75, 3.05) is 0 Å². The molecule has 0 amide bonds. The zero-order valence-corrected chi connectivity index (χ0v) is 10.5. The van der Waals surface area contributed by atoms with Gasteiger partial charge in [-0.1, -0.05) is 0 Å². The van der Waals surface area contributed by atoms with Crippen LogP contribution in [-0.2, 0) is 6.54 Å². The Kier molecular flexibility index (Phi) is 3.06. The second kappa shape index (κ2) is 4.49. The highest BCUT2D eigenvalue weighted by Crippen LogP contribution is 2.44. The van der Waals surface area contributed by atoms with Gasteiger partial charge in [-0.3, -0.25) is 4.68 Å². The van der Waals surface area contributed by atoms with Crippen LogP contribution in [0.5, 0.6) is 0 Å². The predicted molar refractivity (Wildman–Crippen MR) is 61.4 cm³/mol. The minimum Gasteiger partial charge on any atom is -0.272 e. The fraction of sp³-hybridized carbons (Fsp3) is 0.769. The van der Waals surface area contributed by atoms with Gasteiger partial charge in [-0.05, 0) is 25.2 Å². The third-order valence-corrected chi connectivity index (χ3v) is 3.97. The number of halogens is 4. The van der Waals surface area contributed by atoms with Crippen LogP contribution in [0.1, 0.15) is 55.7 Å². The Hall–Kier alpha value is -1.07. The van der Waals surface area contributed by atoms with E-state index in [0.717, 1.165) is 12.8 Å². The molecule has 1 unspecified atom stereocenters. The zero-order chi connectivity index (χ0) is 13.6. The van der Waals surface area contributed by atoms with Crippen molar-refractivity contribution in [2.24, 2.45) is 5.92 Å². The molecule has 6 heteroatoms. The summed E-state index contributed by atoms with van der Waals surface area (Å²) in [7, 11) is 0. The molecule has 0 aliphatic heterocycles. The van der Waals surface area contributed by atoms with Gasteiger partial charge >= 0.3 is 0 Å². The SMILES string of the molecule is FC(F)c1cn(CC2CCC(F)(F)C2)nc1C1CC1. The van der Waals surface area contributed by atoms with Crippen molar-refractivity contribution in [3.05, 3.63) is 17.5 Å². The number of alkyl halides is 4. The van der Waals surface area contributed by atoms with Gasteiger partial charge in [0.15, 0.2) is 0 Å². The lowest BCUT2D eigenvalue weighted by molar-refractivity contribution is 0.00421. The highest BCUT2D eigenvalue weighted by Gasteiger charge is 2.40. The molecule has 2 fully saturated rings. The van der Waals surface area contributed by atoms with Crippen molar-refractivity contribution in [1.29, 1.82) is 0 Å². The topological polar surface area (TPSA) is 17.8 Å². The van der Waals surface area contributed by atoms with Crippen LogP contribution in [0.3, 0.4) is 0 Å². The van der Waals surface area contributed by atoms with Crippen molar-refractivity contribution < 1.29 is 17.6 Å². The average Bonchev–Trinajstić information content (AvgIpc) is 2.99. The Bertz CT molecular complexity index is 446. The molecule has 1 atom stereocenters. The monoisotopic (exact) mass is 276 g/mol. The van der Waals surface area contributed by atoms with E-state index >= 15 is 0 Å². The molecule has 19 heavy (non-hydrogen) atoms. The summed E-state index contributed by atoms with van der Waals surface area (Å²) in [6, 6.07) is 0. The Morgan fingerprint density at radius 1 is 1.32 bits per heavy atom. The molecule has 106 valence electrons. The lowest BCUT2D eigenvalue weighted by atomic mass is 10.1. The van der Waals surface area contributed by atoms with Crippen molar-refractivity contribution in [3.8, 4) is 0 Å². The maximum absolute atomic E-state index is 13.1. The largest absolute Gasteiger partial charge is 0.272 e. The smallest absolute Gasteiger partial charge is 0.267 e. The Balaban J connectivity index is 1.73. The van der Waals surface area contributed by atoms with E-state index in [1.807, 2.05) is 0 Å². The third kappa shape index (κ3) is 2.77. The fourth-order valence-corrected chi connectivity index (χ4v) is 2.85. The molecule has 2 nitrogen and oxygen atoms in total. The Morgan fingerprint density at radius 3 is 2.58 bits per heavy atom. The van der Waals surface area contributed by atoms with Gasteiger partial charge < -0.3 is 0 Å². The van der Waals surface area contributed by atoms with E-state index in [1.165, 1.54) is 10.9 Å². The van der Waals surface area contributed by atoms with Crippen molar-refractivity contribution >= 4 is 0 Å². The predicted octanol–water partition coefficient (Wildman–Crippen LogP) is 4.13. The number of hydrogen-bond acceptors (Lipinski definition) is 1. The van der Waals surface area contributed by atoms with E-state index < -0.39 is 12.3 Å². The number of nitrogens with zero attached hydrogens (tertiary/aromatic N) is 2. The lowest BCUT2D eigenvalue weighted by Crippen LogP contribution is -2.13. The highest BCUT2D eigenvalue weighted by molar-refractivity contribution is 5.25. The van der Waals surface area contributed by atoms with E-state index in [-0.39, 0.29) is 30.2 Å². The van der Waals surface area contributed by atoms with Gasteiger partial charge in [-0.25, -0.2) is 17.6 Å². The van der Waals surface area contributed by atoms with Gasteiger partial charge in [-0.2, -0.15) is 5.10 Å². The first-order chi connectivity index (χ1) is 8.94. The minimum absolute atomic E-state index is 0.0211. The van der Waals surface area contributed by atoms with Gasteiger partial charge in [0.1, 0.15) is 0 Å². The summed E-state index contributed by atoms with van der Waals surface area (Å²) in [5, 5.41) is 4.20. The van der Waals surface area contributed by atoms with Crippen LogP contribution in [0.15, 0.2) is 6.20 Å². The van der Waals surface area contributed by atoms with Crippen molar-refractivity contribution in [3.63, 3.8) is 0 Å². The normalized spacial score (nSPS) is 26.3. The summed E-state index contributed by atoms with van der Waals surface area (Å²) in [5.74, 6) is -2.61. The summed E-state index contributed by atoms with van der Waals surface area (Å²) in [6.45, 7) is 0.321. The molecule has 0 N–H and O–H groups in total. The summed E-state index contributed by atoms with van der Waals surface area (Å²) < 4.78 is 53.4. The minimum atomic E-state index is -2.59. The van der Waals surface area contributed by atoms with Gasteiger partial charge in [0.25, 0.3) is 6.43 Å². The van der Waals surface area contributed by atoms with Crippen LogP contribution in [0, 0.1) is 5.92 Å². The quantitative estimate of drug-likeness (QED) is 0.756. The fourth-order valence-electron chi connectivity index (χ4n) is 2.85. The summed E-state index contributed by atoms with van der Waals surface area (Å²) in [4.78, 5) is 0. The second-order valence-electron chi connectivity index (χ2n) is 5.73. The van der Waals surface area contributed by atoms with E-state index in [2.05, 4.69) is 5.10 Å². The molecule has 1 heterocycles. The zero-order valence-electron chi connectivity index (χ0n) is 10.5. The number of hydrogen-bond donors (Lipinski definition) is 0.